The number of nitrogens with zero attached hydrogens (tertiary/aromatic N) is 3. The van der Waals surface area contributed by atoms with Gasteiger partial charge in [0, 0.05) is 18.7 Å². The van der Waals surface area contributed by atoms with Crippen LogP contribution in [0.25, 0.3) is 10.6 Å². The monoisotopic (exact) mass is 294 g/mol. The number of nitrogens with one attached hydrogen (secondary N) is 1. The quantitative estimate of drug-likeness (QED) is 0.677. The van der Waals surface area contributed by atoms with Crippen LogP contribution in [0.1, 0.15) is 17.8 Å². The molecule has 20 heavy (non-hydrogen) atoms. The molecule has 0 saturated heterocycles. The molecule has 1 saturated carbocycles. The van der Waals surface area contributed by atoms with E-state index >= 15 is 0 Å². The maximum atomic E-state index is 13.3. The molecule has 1 aliphatic carbocycles. The lowest BCUT2D eigenvalue weighted by atomic mass is 10.2. The van der Waals surface area contributed by atoms with Crippen LogP contribution in [0.4, 0.5) is 10.1 Å². The topological polar surface area (TPSA) is 81.0 Å². The van der Waals surface area contributed by atoms with Crippen molar-refractivity contribution in [1.82, 2.24) is 15.5 Å². The summed E-state index contributed by atoms with van der Waals surface area (Å²) in [7, 11) is 0. The lowest BCUT2D eigenvalue weighted by Gasteiger charge is -1.98. The van der Waals surface area contributed by atoms with Crippen molar-refractivity contribution in [2.45, 2.75) is 25.4 Å². The van der Waals surface area contributed by atoms with Crippen LogP contribution < -0.4 is 5.32 Å². The van der Waals surface area contributed by atoms with Gasteiger partial charge in [-0.3, -0.25) is 10.1 Å². The molecule has 0 radical (unpaired) electrons. The van der Waals surface area contributed by atoms with Crippen molar-refractivity contribution in [3.63, 3.8) is 0 Å². The molecule has 1 N–H and O–H groups in total. The van der Waals surface area contributed by atoms with Gasteiger partial charge >= 0.3 is 0 Å². The smallest absolute Gasteiger partial charge is 0.279 e. The van der Waals surface area contributed by atoms with Crippen molar-refractivity contribution in [3.8, 4) is 10.6 Å². The third kappa shape index (κ3) is 2.81. The van der Waals surface area contributed by atoms with E-state index in [1.807, 2.05) is 0 Å². The van der Waals surface area contributed by atoms with Crippen LogP contribution >= 0.6 is 11.3 Å². The zero-order valence-corrected chi connectivity index (χ0v) is 11.2. The number of hydrogen-bond acceptors (Lipinski definition) is 6. The van der Waals surface area contributed by atoms with Crippen molar-refractivity contribution in [1.29, 1.82) is 0 Å². The van der Waals surface area contributed by atoms with E-state index in [9.17, 15) is 14.5 Å². The average Bonchev–Trinajstić information content (AvgIpc) is 3.13. The predicted octanol–water partition coefficient (Wildman–Crippen LogP) is 2.50. The highest BCUT2D eigenvalue weighted by Gasteiger charge is 2.22. The number of rotatable bonds is 5. The first-order valence-electron chi connectivity index (χ1n) is 6.13. The number of halogens is 1. The molecule has 1 aromatic carbocycles. The summed E-state index contributed by atoms with van der Waals surface area (Å²) in [4.78, 5) is 10.4. The van der Waals surface area contributed by atoms with Gasteiger partial charge in [0.1, 0.15) is 10.8 Å². The van der Waals surface area contributed by atoms with Crippen LogP contribution in [-0.4, -0.2) is 21.2 Å². The summed E-state index contributed by atoms with van der Waals surface area (Å²) in [5.74, 6) is -0.529. The van der Waals surface area contributed by atoms with Crippen molar-refractivity contribution >= 4 is 17.0 Å². The van der Waals surface area contributed by atoms with Gasteiger partial charge in [-0.1, -0.05) is 11.3 Å². The molecule has 1 aliphatic rings. The van der Waals surface area contributed by atoms with Gasteiger partial charge in [-0.15, -0.1) is 10.2 Å². The average molecular weight is 294 g/mol. The van der Waals surface area contributed by atoms with E-state index in [0.717, 1.165) is 23.2 Å². The van der Waals surface area contributed by atoms with Crippen LogP contribution in [-0.2, 0) is 6.54 Å². The first-order chi connectivity index (χ1) is 9.63. The summed E-state index contributed by atoms with van der Waals surface area (Å²) in [6.45, 7) is 0.589. The molecule has 104 valence electrons. The minimum absolute atomic E-state index is 0.163. The van der Waals surface area contributed by atoms with Gasteiger partial charge in [0.2, 0.25) is 0 Å². The molecule has 1 heterocycles. The second-order valence-corrected chi connectivity index (χ2v) is 5.64. The number of nitro groups is 1. The second-order valence-electron chi connectivity index (χ2n) is 4.57. The fourth-order valence-corrected chi connectivity index (χ4v) is 2.61. The summed E-state index contributed by atoms with van der Waals surface area (Å²) >= 11 is 1.24. The van der Waals surface area contributed by atoms with E-state index < -0.39 is 10.7 Å². The maximum absolute atomic E-state index is 13.3. The Balaban J connectivity index is 1.87. The Hall–Kier alpha value is -1.93. The molecule has 0 spiro atoms. The Labute approximate surface area is 117 Å². The van der Waals surface area contributed by atoms with E-state index in [0.29, 0.717) is 17.6 Å². The highest BCUT2D eigenvalue weighted by Crippen LogP contribution is 2.32. The Morgan fingerprint density at radius 2 is 2.25 bits per heavy atom. The minimum atomic E-state index is -0.543. The summed E-state index contributed by atoms with van der Waals surface area (Å²) in [5, 5.41) is 23.3. The summed E-state index contributed by atoms with van der Waals surface area (Å²) in [5.41, 5.74) is 0.00873. The SMILES string of the molecule is O=[N+]([O-])c1ccc(F)cc1-c1nnc(CNC2CC2)s1. The molecular formula is C12H11FN4O2S. The highest BCUT2D eigenvalue weighted by atomic mass is 32.1. The highest BCUT2D eigenvalue weighted by molar-refractivity contribution is 7.14. The van der Waals surface area contributed by atoms with Crippen molar-refractivity contribution < 1.29 is 9.31 Å². The van der Waals surface area contributed by atoms with E-state index in [2.05, 4.69) is 15.5 Å². The van der Waals surface area contributed by atoms with Gasteiger partial charge in [0.15, 0.2) is 5.01 Å². The summed E-state index contributed by atoms with van der Waals surface area (Å²) in [6.07, 6.45) is 2.34. The van der Waals surface area contributed by atoms with Crippen molar-refractivity contribution in [2.75, 3.05) is 0 Å². The van der Waals surface area contributed by atoms with E-state index in [1.54, 1.807) is 0 Å². The van der Waals surface area contributed by atoms with Gasteiger partial charge in [0.25, 0.3) is 5.69 Å². The van der Waals surface area contributed by atoms with Gasteiger partial charge in [-0.2, -0.15) is 0 Å². The number of nitro benzene ring substituents is 1. The number of benzene rings is 1. The first-order valence-corrected chi connectivity index (χ1v) is 6.95. The lowest BCUT2D eigenvalue weighted by molar-refractivity contribution is -0.384. The van der Waals surface area contributed by atoms with Gasteiger partial charge in [-0.25, -0.2) is 4.39 Å². The lowest BCUT2D eigenvalue weighted by Crippen LogP contribution is -2.14. The Bertz CT molecular complexity index is 657. The van der Waals surface area contributed by atoms with Crippen LogP contribution in [0.15, 0.2) is 18.2 Å². The Morgan fingerprint density at radius 1 is 1.45 bits per heavy atom. The summed E-state index contributed by atoms with van der Waals surface area (Å²) < 4.78 is 13.3. The molecular weight excluding hydrogens is 283 g/mol. The molecule has 0 atom stereocenters. The molecule has 0 unspecified atom stereocenters. The normalized spacial score (nSPS) is 14.4. The fourth-order valence-electron chi connectivity index (χ4n) is 1.79. The van der Waals surface area contributed by atoms with Gasteiger partial charge in [-0.05, 0) is 25.0 Å². The molecule has 6 nitrogen and oxygen atoms in total. The second kappa shape index (κ2) is 5.22. The summed E-state index contributed by atoms with van der Waals surface area (Å²) in [6, 6.07) is 3.88. The number of hydrogen-bond donors (Lipinski definition) is 1. The van der Waals surface area contributed by atoms with Crippen molar-refractivity contribution in [2.24, 2.45) is 0 Å². The molecule has 8 heteroatoms. The van der Waals surface area contributed by atoms with Crippen LogP contribution in [0.2, 0.25) is 0 Å². The third-order valence-corrected chi connectivity index (χ3v) is 3.93. The fraction of sp³-hybridized carbons (Fsp3) is 0.333. The molecule has 1 aromatic heterocycles. The van der Waals surface area contributed by atoms with Crippen LogP contribution in [0.5, 0.6) is 0 Å². The maximum Gasteiger partial charge on any atom is 0.279 e. The van der Waals surface area contributed by atoms with Crippen LogP contribution in [0, 0.1) is 15.9 Å². The standard InChI is InChI=1S/C12H11FN4O2S/c13-7-1-4-10(17(18)19)9(5-7)12-16-15-11(20-12)6-14-8-2-3-8/h1,4-5,8,14H,2-3,6H2. The molecule has 0 amide bonds. The molecule has 0 bridgehead atoms. The zero-order chi connectivity index (χ0) is 14.1. The van der Waals surface area contributed by atoms with Crippen LogP contribution in [0.3, 0.4) is 0 Å². The Kier molecular flexibility index (Phi) is 3.41. The number of aromatic nitrogens is 2. The van der Waals surface area contributed by atoms with E-state index in [-0.39, 0.29) is 11.3 Å². The largest absolute Gasteiger partial charge is 0.308 e. The van der Waals surface area contributed by atoms with Crippen molar-refractivity contribution in [3.05, 3.63) is 39.1 Å². The minimum Gasteiger partial charge on any atom is -0.308 e. The predicted molar refractivity (Wildman–Crippen MR) is 71.8 cm³/mol. The molecule has 1 fully saturated rings. The van der Waals surface area contributed by atoms with E-state index in [1.165, 1.54) is 24.2 Å². The first kappa shape index (κ1) is 13.1. The Morgan fingerprint density at radius 3 is 2.95 bits per heavy atom. The molecule has 2 aromatic rings. The third-order valence-electron chi connectivity index (χ3n) is 2.97. The molecule has 3 rings (SSSR count). The molecule has 0 aliphatic heterocycles. The van der Waals surface area contributed by atoms with E-state index in [4.69, 9.17) is 0 Å². The zero-order valence-electron chi connectivity index (χ0n) is 10.4. The van der Waals surface area contributed by atoms with Gasteiger partial charge < -0.3 is 5.32 Å². The van der Waals surface area contributed by atoms with Gasteiger partial charge in [0.05, 0.1) is 10.5 Å².